The molecule has 0 spiro atoms. The molecule has 0 atom stereocenters. The first-order valence-electron chi connectivity index (χ1n) is 11.6. The minimum absolute atomic E-state index is 0.0473. The summed E-state index contributed by atoms with van der Waals surface area (Å²) in [4.78, 5) is 34.3. The van der Waals surface area contributed by atoms with Crippen LogP contribution in [0.1, 0.15) is 11.1 Å². The Kier molecular flexibility index (Phi) is 5.82. The molecular formula is C28H27N5O2. The summed E-state index contributed by atoms with van der Waals surface area (Å²) >= 11 is 0. The molecule has 0 saturated carbocycles. The molecule has 0 unspecified atom stereocenters. The van der Waals surface area contributed by atoms with Gasteiger partial charge in [-0.05, 0) is 49.7 Å². The predicted molar refractivity (Wildman–Crippen MR) is 141 cm³/mol. The summed E-state index contributed by atoms with van der Waals surface area (Å²) in [6, 6.07) is 23.3. The Morgan fingerprint density at radius 2 is 1.54 bits per heavy atom. The van der Waals surface area contributed by atoms with Crippen molar-refractivity contribution in [2.45, 2.75) is 13.8 Å². The summed E-state index contributed by atoms with van der Waals surface area (Å²) in [5, 5.41) is 3.13. The van der Waals surface area contributed by atoms with Crippen LogP contribution < -0.4 is 20.7 Å². The second kappa shape index (κ2) is 9.10. The molecule has 35 heavy (non-hydrogen) atoms. The van der Waals surface area contributed by atoms with Crippen LogP contribution in [0.2, 0.25) is 0 Å². The van der Waals surface area contributed by atoms with Crippen molar-refractivity contribution in [1.82, 2.24) is 9.55 Å². The molecule has 5 rings (SSSR count). The highest BCUT2D eigenvalue weighted by atomic mass is 16.2. The van der Waals surface area contributed by atoms with Crippen LogP contribution in [0.4, 0.5) is 27.7 Å². The molecule has 1 fully saturated rings. The molecule has 1 N–H and O–H groups in total. The van der Waals surface area contributed by atoms with E-state index in [4.69, 9.17) is 0 Å². The van der Waals surface area contributed by atoms with E-state index >= 15 is 0 Å². The molecule has 1 saturated heterocycles. The monoisotopic (exact) mass is 465 g/mol. The van der Waals surface area contributed by atoms with E-state index in [0.717, 1.165) is 33.8 Å². The number of nitrogens with one attached hydrogen (secondary N) is 1. The summed E-state index contributed by atoms with van der Waals surface area (Å²) in [7, 11) is 1.71. The molecule has 176 valence electrons. The Hall–Kier alpha value is -4.39. The zero-order valence-corrected chi connectivity index (χ0v) is 20.0. The van der Waals surface area contributed by atoms with Gasteiger partial charge in [0.05, 0.1) is 5.69 Å². The topological polar surface area (TPSA) is 70.5 Å². The standard InChI is InChI=1S/C28H27N5O2/c1-19-12-14-22(15-13-19)32-16-17-33(28(32)35)25-11-7-10-23(20(25)2)24-18-31(3)27(34)26(30-24)29-21-8-5-4-6-9-21/h4-15,18H,16-17H2,1-3H3,(H,29,30). The number of hydrogen-bond donors (Lipinski definition) is 1. The molecule has 1 aromatic heterocycles. The minimum Gasteiger partial charge on any atom is -0.336 e. The highest BCUT2D eigenvalue weighted by Crippen LogP contribution is 2.33. The maximum Gasteiger partial charge on any atom is 0.329 e. The number of benzene rings is 3. The van der Waals surface area contributed by atoms with Crippen molar-refractivity contribution in [3.05, 3.63) is 100 Å². The van der Waals surface area contributed by atoms with Crippen LogP contribution in [0, 0.1) is 13.8 Å². The van der Waals surface area contributed by atoms with Crippen molar-refractivity contribution < 1.29 is 4.79 Å². The Balaban J connectivity index is 1.49. The number of aromatic nitrogens is 2. The Labute approximate surface area is 204 Å². The van der Waals surface area contributed by atoms with E-state index in [2.05, 4.69) is 10.3 Å². The highest BCUT2D eigenvalue weighted by Gasteiger charge is 2.32. The van der Waals surface area contributed by atoms with Crippen molar-refractivity contribution in [1.29, 1.82) is 0 Å². The fourth-order valence-corrected chi connectivity index (χ4v) is 4.39. The lowest BCUT2D eigenvalue weighted by atomic mass is 10.0. The van der Waals surface area contributed by atoms with E-state index in [0.29, 0.717) is 18.8 Å². The van der Waals surface area contributed by atoms with Crippen LogP contribution in [-0.4, -0.2) is 28.7 Å². The molecule has 1 aliphatic heterocycles. The lowest BCUT2D eigenvalue weighted by Crippen LogP contribution is -2.32. The van der Waals surface area contributed by atoms with Crippen molar-refractivity contribution in [3.8, 4) is 11.3 Å². The molecule has 2 amide bonds. The summed E-state index contributed by atoms with van der Waals surface area (Å²) in [6.07, 6.45) is 1.73. The summed E-state index contributed by atoms with van der Waals surface area (Å²) in [5.74, 6) is 0.254. The number of urea groups is 1. The van der Waals surface area contributed by atoms with Gasteiger partial charge in [-0.25, -0.2) is 9.78 Å². The molecule has 2 heterocycles. The van der Waals surface area contributed by atoms with Gasteiger partial charge in [-0.1, -0.05) is 48.0 Å². The Morgan fingerprint density at radius 1 is 0.829 bits per heavy atom. The van der Waals surface area contributed by atoms with E-state index in [-0.39, 0.29) is 17.4 Å². The maximum atomic E-state index is 13.3. The van der Waals surface area contributed by atoms with Crippen LogP contribution in [0.5, 0.6) is 0 Å². The van der Waals surface area contributed by atoms with Gasteiger partial charge >= 0.3 is 6.03 Å². The van der Waals surface area contributed by atoms with Gasteiger partial charge < -0.3 is 9.88 Å². The average molecular weight is 466 g/mol. The fraction of sp³-hybridized carbons (Fsp3) is 0.179. The molecular weight excluding hydrogens is 438 g/mol. The van der Waals surface area contributed by atoms with Gasteiger partial charge in [0, 0.05) is 49.0 Å². The number of hydrogen-bond acceptors (Lipinski definition) is 4. The second-order valence-corrected chi connectivity index (χ2v) is 8.75. The van der Waals surface area contributed by atoms with Gasteiger partial charge in [0.15, 0.2) is 5.82 Å². The van der Waals surface area contributed by atoms with E-state index in [9.17, 15) is 9.59 Å². The third kappa shape index (κ3) is 4.28. The number of amides is 2. The SMILES string of the molecule is Cc1ccc(N2CCN(c3cccc(-c4cn(C)c(=O)c(Nc5ccccc5)n4)c3C)C2=O)cc1. The first-order valence-corrected chi connectivity index (χ1v) is 11.6. The van der Waals surface area contributed by atoms with E-state index < -0.39 is 0 Å². The Morgan fingerprint density at radius 3 is 2.29 bits per heavy atom. The molecule has 4 aromatic rings. The zero-order chi connectivity index (χ0) is 24.5. The molecule has 1 aliphatic rings. The maximum absolute atomic E-state index is 13.3. The van der Waals surface area contributed by atoms with Crippen molar-refractivity contribution in [2.75, 3.05) is 28.2 Å². The van der Waals surface area contributed by atoms with Gasteiger partial charge in [-0.3, -0.25) is 14.6 Å². The summed E-state index contributed by atoms with van der Waals surface area (Å²) < 4.78 is 1.53. The zero-order valence-electron chi connectivity index (χ0n) is 20.0. The van der Waals surface area contributed by atoms with Crippen molar-refractivity contribution in [3.63, 3.8) is 0 Å². The van der Waals surface area contributed by atoms with Crippen molar-refractivity contribution in [2.24, 2.45) is 7.05 Å². The fourth-order valence-electron chi connectivity index (χ4n) is 4.39. The summed E-state index contributed by atoms with van der Waals surface area (Å²) in [6.45, 7) is 5.24. The summed E-state index contributed by atoms with van der Waals surface area (Å²) in [5.41, 5.74) is 5.94. The molecule has 7 nitrogen and oxygen atoms in total. The third-order valence-electron chi connectivity index (χ3n) is 6.33. The predicted octanol–water partition coefficient (Wildman–Crippen LogP) is 5.25. The minimum atomic E-state index is -0.213. The highest BCUT2D eigenvalue weighted by molar-refractivity contribution is 6.06. The van der Waals surface area contributed by atoms with Gasteiger partial charge in [-0.15, -0.1) is 0 Å². The smallest absolute Gasteiger partial charge is 0.329 e. The molecule has 0 radical (unpaired) electrons. The van der Waals surface area contributed by atoms with Gasteiger partial charge in [0.1, 0.15) is 0 Å². The lowest BCUT2D eigenvalue weighted by molar-refractivity contribution is 0.256. The number of rotatable bonds is 5. The van der Waals surface area contributed by atoms with E-state index in [1.54, 1.807) is 18.1 Å². The van der Waals surface area contributed by atoms with Crippen LogP contribution in [0.25, 0.3) is 11.3 Å². The first-order chi connectivity index (χ1) is 16.9. The molecule has 3 aromatic carbocycles. The quantitative estimate of drug-likeness (QED) is 0.437. The normalized spacial score (nSPS) is 13.4. The average Bonchev–Trinajstić information content (AvgIpc) is 3.24. The number of aryl methyl sites for hydroxylation is 2. The van der Waals surface area contributed by atoms with Gasteiger partial charge in [0.25, 0.3) is 5.56 Å². The molecule has 7 heteroatoms. The van der Waals surface area contributed by atoms with Crippen LogP contribution in [0.15, 0.2) is 83.8 Å². The van der Waals surface area contributed by atoms with Crippen LogP contribution in [0.3, 0.4) is 0 Å². The van der Waals surface area contributed by atoms with E-state index in [1.165, 1.54) is 4.57 Å². The number of carbonyl (C=O) groups is 1. The number of carbonyl (C=O) groups excluding carboxylic acids is 1. The molecule has 0 aliphatic carbocycles. The van der Waals surface area contributed by atoms with Crippen molar-refractivity contribution >= 4 is 28.9 Å². The number of nitrogens with zero attached hydrogens (tertiary/aromatic N) is 4. The molecule has 0 bridgehead atoms. The van der Waals surface area contributed by atoms with Gasteiger partial charge in [-0.2, -0.15) is 0 Å². The number of anilines is 4. The largest absolute Gasteiger partial charge is 0.336 e. The second-order valence-electron chi connectivity index (χ2n) is 8.75. The van der Waals surface area contributed by atoms with Crippen LogP contribution >= 0.6 is 0 Å². The first kappa shape index (κ1) is 22.4. The third-order valence-corrected chi connectivity index (χ3v) is 6.33. The van der Waals surface area contributed by atoms with E-state index in [1.807, 2.05) is 91.5 Å². The lowest BCUT2D eigenvalue weighted by Gasteiger charge is -2.22. The van der Waals surface area contributed by atoms with Gasteiger partial charge in [0.2, 0.25) is 0 Å². The number of para-hydroxylation sites is 1. The Bertz CT molecular complexity index is 1440. The van der Waals surface area contributed by atoms with Crippen LogP contribution in [-0.2, 0) is 7.05 Å².